The summed E-state index contributed by atoms with van der Waals surface area (Å²) in [5.41, 5.74) is 6.24. The van der Waals surface area contributed by atoms with Gasteiger partial charge in [-0.05, 0) is 37.8 Å². The van der Waals surface area contributed by atoms with Crippen LogP contribution in [0.5, 0.6) is 11.5 Å². The molecule has 1 aliphatic rings. The molecule has 0 saturated heterocycles. The fraction of sp³-hybridized carbons (Fsp3) is 0.500. The van der Waals surface area contributed by atoms with Gasteiger partial charge in [-0.2, -0.15) is 0 Å². The molecule has 0 heterocycles. The number of rotatable bonds is 4. The van der Waals surface area contributed by atoms with E-state index in [2.05, 4.69) is 0 Å². The van der Waals surface area contributed by atoms with Crippen molar-refractivity contribution in [3.8, 4) is 11.5 Å². The molecular weight excluding hydrogens is 209 g/mol. The first-order chi connectivity index (χ1) is 7.56. The molecule has 3 nitrogen and oxygen atoms in total. The second kappa shape index (κ2) is 3.94. The maximum atomic E-state index is 13.7. The predicted octanol–water partition coefficient (Wildman–Crippen LogP) is 1.96. The van der Waals surface area contributed by atoms with E-state index in [1.165, 1.54) is 13.2 Å². The number of methoxy groups -OCH3 is 1. The second-order valence-corrected chi connectivity index (χ2v) is 4.44. The minimum absolute atomic E-state index is 0.122. The topological polar surface area (TPSA) is 55.5 Å². The fourth-order valence-corrected chi connectivity index (χ4v) is 1.80. The molecule has 1 aliphatic carbocycles. The Kier molecular flexibility index (Phi) is 2.76. The SMILES string of the molecule is COc1ccc(O)c(F)c1CCC1(N)CC1. The molecule has 1 aromatic carbocycles. The van der Waals surface area contributed by atoms with Gasteiger partial charge in [0.05, 0.1) is 7.11 Å². The first kappa shape index (κ1) is 11.2. The highest BCUT2D eigenvalue weighted by Gasteiger charge is 2.37. The van der Waals surface area contributed by atoms with Crippen molar-refractivity contribution < 1.29 is 14.2 Å². The Bertz CT molecular complexity index is 402. The van der Waals surface area contributed by atoms with E-state index >= 15 is 0 Å². The van der Waals surface area contributed by atoms with Gasteiger partial charge in [0.15, 0.2) is 11.6 Å². The summed E-state index contributed by atoms with van der Waals surface area (Å²) >= 11 is 0. The third kappa shape index (κ3) is 2.11. The first-order valence-corrected chi connectivity index (χ1v) is 5.39. The quantitative estimate of drug-likeness (QED) is 0.823. The van der Waals surface area contributed by atoms with Crippen LogP contribution in [0.1, 0.15) is 24.8 Å². The number of ether oxygens (including phenoxy) is 1. The van der Waals surface area contributed by atoms with Gasteiger partial charge < -0.3 is 15.6 Å². The van der Waals surface area contributed by atoms with Gasteiger partial charge in [-0.25, -0.2) is 4.39 Å². The Hall–Kier alpha value is -1.29. The van der Waals surface area contributed by atoms with Gasteiger partial charge in [-0.3, -0.25) is 0 Å². The molecule has 1 aromatic rings. The average Bonchev–Trinajstić information content (AvgIpc) is 2.99. The van der Waals surface area contributed by atoms with E-state index in [1.807, 2.05) is 0 Å². The van der Waals surface area contributed by atoms with Crippen molar-refractivity contribution in [2.24, 2.45) is 5.73 Å². The van der Waals surface area contributed by atoms with E-state index in [0.717, 1.165) is 19.3 Å². The molecule has 2 rings (SSSR count). The maximum absolute atomic E-state index is 13.7. The van der Waals surface area contributed by atoms with Crippen LogP contribution >= 0.6 is 0 Å². The summed E-state index contributed by atoms with van der Waals surface area (Å²) in [7, 11) is 1.49. The molecule has 1 fully saturated rings. The van der Waals surface area contributed by atoms with Crippen LogP contribution in [0.4, 0.5) is 4.39 Å². The number of nitrogens with two attached hydrogens (primary N) is 1. The Morgan fingerprint density at radius 2 is 2.19 bits per heavy atom. The van der Waals surface area contributed by atoms with Gasteiger partial charge in [0.1, 0.15) is 5.75 Å². The standard InChI is InChI=1S/C12H16FNO2/c1-16-10-3-2-9(15)11(13)8(10)4-5-12(14)6-7-12/h2-3,15H,4-7,14H2,1H3. The van der Waals surface area contributed by atoms with Gasteiger partial charge in [0.2, 0.25) is 0 Å². The highest BCUT2D eigenvalue weighted by molar-refractivity contribution is 5.41. The lowest BCUT2D eigenvalue weighted by Gasteiger charge is -2.13. The van der Waals surface area contributed by atoms with Gasteiger partial charge >= 0.3 is 0 Å². The largest absolute Gasteiger partial charge is 0.505 e. The third-order valence-electron chi connectivity index (χ3n) is 3.16. The van der Waals surface area contributed by atoms with Crippen LogP contribution in [-0.4, -0.2) is 17.8 Å². The summed E-state index contributed by atoms with van der Waals surface area (Å²) in [5.74, 6) is -0.458. The molecule has 0 radical (unpaired) electrons. The van der Waals surface area contributed by atoms with Crippen LogP contribution < -0.4 is 10.5 Å². The number of phenolic OH excluding ortho intramolecular Hbond substituents is 1. The summed E-state index contributed by atoms with van der Waals surface area (Å²) in [6.45, 7) is 0. The molecule has 0 amide bonds. The van der Waals surface area contributed by atoms with Crippen molar-refractivity contribution in [2.75, 3.05) is 7.11 Å². The molecule has 0 bridgehead atoms. The van der Waals surface area contributed by atoms with E-state index in [4.69, 9.17) is 10.5 Å². The summed E-state index contributed by atoms with van der Waals surface area (Å²) in [4.78, 5) is 0. The van der Waals surface area contributed by atoms with E-state index in [0.29, 0.717) is 17.7 Å². The fourth-order valence-electron chi connectivity index (χ4n) is 1.80. The summed E-state index contributed by atoms with van der Waals surface area (Å²) in [5, 5.41) is 9.30. The lowest BCUT2D eigenvalue weighted by atomic mass is 10.0. The zero-order valence-electron chi connectivity index (χ0n) is 9.29. The first-order valence-electron chi connectivity index (χ1n) is 5.39. The molecule has 0 aliphatic heterocycles. The molecule has 0 spiro atoms. The second-order valence-electron chi connectivity index (χ2n) is 4.44. The van der Waals surface area contributed by atoms with Crippen LogP contribution in [-0.2, 0) is 6.42 Å². The number of hydrogen-bond acceptors (Lipinski definition) is 3. The molecule has 4 heteroatoms. The number of halogens is 1. The third-order valence-corrected chi connectivity index (χ3v) is 3.16. The summed E-state index contributed by atoms with van der Waals surface area (Å²) in [6, 6.07) is 2.87. The number of hydrogen-bond donors (Lipinski definition) is 2. The highest BCUT2D eigenvalue weighted by atomic mass is 19.1. The Labute approximate surface area is 94.0 Å². The average molecular weight is 225 g/mol. The Morgan fingerprint density at radius 3 is 2.75 bits per heavy atom. The van der Waals surface area contributed by atoms with Crippen LogP contribution in [0, 0.1) is 5.82 Å². The van der Waals surface area contributed by atoms with Crippen LogP contribution in [0.25, 0.3) is 0 Å². The van der Waals surface area contributed by atoms with Crippen molar-refractivity contribution in [2.45, 2.75) is 31.2 Å². The lowest BCUT2D eigenvalue weighted by molar-refractivity contribution is 0.388. The zero-order valence-corrected chi connectivity index (χ0v) is 9.29. The molecule has 0 unspecified atom stereocenters. The smallest absolute Gasteiger partial charge is 0.171 e. The monoisotopic (exact) mass is 225 g/mol. The molecule has 3 N–H and O–H groups in total. The Balaban J connectivity index is 2.19. The van der Waals surface area contributed by atoms with Crippen molar-refractivity contribution in [1.82, 2.24) is 0 Å². The molecule has 1 saturated carbocycles. The van der Waals surface area contributed by atoms with E-state index < -0.39 is 5.82 Å². The summed E-state index contributed by atoms with van der Waals surface area (Å²) < 4.78 is 18.7. The minimum atomic E-state index is -0.594. The minimum Gasteiger partial charge on any atom is -0.505 e. The van der Waals surface area contributed by atoms with Crippen molar-refractivity contribution in [3.05, 3.63) is 23.5 Å². The van der Waals surface area contributed by atoms with Crippen molar-refractivity contribution >= 4 is 0 Å². The van der Waals surface area contributed by atoms with Crippen LogP contribution in [0.2, 0.25) is 0 Å². The number of phenols is 1. The normalized spacial score (nSPS) is 17.2. The van der Waals surface area contributed by atoms with E-state index in [1.54, 1.807) is 6.07 Å². The van der Waals surface area contributed by atoms with E-state index in [9.17, 15) is 9.50 Å². The molecule has 88 valence electrons. The highest BCUT2D eigenvalue weighted by Crippen LogP contribution is 2.38. The lowest BCUT2D eigenvalue weighted by Crippen LogP contribution is -2.22. The van der Waals surface area contributed by atoms with Crippen LogP contribution in [0.3, 0.4) is 0 Å². The predicted molar refractivity (Wildman–Crippen MR) is 59.1 cm³/mol. The molecule has 0 atom stereocenters. The number of aromatic hydroxyl groups is 1. The van der Waals surface area contributed by atoms with Crippen LogP contribution in [0.15, 0.2) is 12.1 Å². The summed E-state index contributed by atoms with van der Waals surface area (Å²) in [6.07, 6.45) is 3.22. The number of benzene rings is 1. The zero-order chi connectivity index (χ0) is 11.8. The van der Waals surface area contributed by atoms with Gasteiger partial charge in [0.25, 0.3) is 0 Å². The maximum Gasteiger partial charge on any atom is 0.171 e. The molecule has 16 heavy (non-hydrogen) atoms. The van der Waals surface area contributed by atoms with E-state index in [-0.39, 0.29) is 11.3 Å². The van der Waals surface area contributed by atoms with Gasteiger partial charge in [0, 0.05) is 11.1 Å². The molecular formula is C12H16FNO2. The Morgan fingerprint density at radius 1 is 1.50 bits per heavy atom. The molecule has 0 aromatic heterocycles. The van der Waals surface area contributed by atoms with Gasteiger partial charge in [-0.15, -0.1) is 0 Å². The van der Waals surface area contributed by atoms with Crippen molar-refractivity contribution in [3.63, 3.8) is 0 Å². The van der Waals surface area contributed by atoms with Crippen molar-refractivity contribution in [1.29, 1.82) is 0 Å². The van der Waals surface area contributed by atoms with Gasteiger partial charge in [-0.1, -0.05) is 0 Å².